The molecule has 10 heteroatoms. The summed E-state index contributed by atoms with van der Waals surface area (Å²) in [7, 11) is 2.76. The Labute approximate surface area is 179 Å². The summed E-state index contributed by atoms with van der Waals surface area (Å²) in [6, 6.07) is 10.3. The number of carbonyl (C=O) groups is 1. The van der Waals surface area contributed by atoms with E-state index in [9.17, 15) is 29.6 Å². The highest BCUT2D eigenvalue weighted by molar-refractivity contribution is 6.30. The minimum Gasteiger partial charge on any atom is -0.508 e. The number of Topliss-reactive ketones (excluding diaryl/α,β-unsaturated/α-hetero) is 1. The summed E-state index contributed by atoms with van der Waals surface area (Å²) in [5.41, 5.74) is -0.168. The number of hydrogen-bond donors (Lipinski definition) is 1. The molecule has 1 N–H and O–H groups in total. The molecule has 0 bridgehead atoms. The molecule has 3 aromatic rings. The monoisotopic (exact) mass is 432 g/mol. The van der Waals surface area contributed by atoms with Gasteiger partial charge in [-0.25, -0.2) is 9.79 Å². The maximum atomic E-state index is 13.4. The van der Waals surface area contributed by atoms with E-state index in [0.717, 1.165) is 22.8 Å². The quantitative estimate of drug-likeness (QED) is 0.484. The van der Waals surface area contributed by atoms with E-state index < -0.39 is 28.0 Å². The lowest BCUT2D eigenvalue weighted by Crippen LogP contribution is -2.43. The average molecular weight is 432 g/mol. The van der Waals surface area contributed by atoms with Crippen LogP contribution in [-0.2, 0) is 14.1 Å². The molecule has 0 unspecified atom stereocenters. The molecule has 1 aliphatic heterocycles. The van der Waals surface area contributed by atoms with Crippen molar-refractivity contribution in [1.29, 1.82) is 0 Å². The van der Waals surface area contributed by atoms with Crippen molar-refractivity contribution in [3.05, 3.63) is 95.7 Å². The van der Waals surface area contributed by atoms with Gasteiger partial charge in [0.15, 0.2) is 5.78 Å². The number of non-ortho nitro benzene ring substituents is 1. The van der Waals surface area contributed by atoms with Crippen molar-refractivity contribution in [3.8, 4) is 5.75 Å². The summed E-state index contributed by atoms with van der Waals surface area (Å²) in [6.07, 6.45) is 0. The van der Waals surface area contributed by atoms with Crippen LogP contribution < -0.4 is 11.2 Å². The molecule has 32 heavy (non-hydrogen) atoms. The van der Waals surface area contributed by atoms with E-state index in [4.69, 9.17) is 0 Å². The van der Waals surface area contributed by atoms with Gasteiger partial charge in [0.25, 0.3) is 11.2 Å². The van der Waals surface area contributed by atoms with Gasteiger partial charge in [0.05, 0.1) is 22.1 Å². The minimum atomic E-state index is -1.07. The summed E-state index contributed by atoms with van der Waals surface area (Å²) in [6.45, 7) is 0. The van der Waals surface area contributed by atoms with E-state index >= 15 is 0 Å². The third kappa shape index (κ3) is 2.46. The van der Waals surface area contributed by atoms with Crippen LogP contribution >= 0.6 is 0 Å². The zero-order chi connectivity index (χ0) is 22.9. The van der Waals surface area contributed by atoms with Gasteiger partial charge in [0.2, 0.25) is 0 Å². The first-order valence-electron chi connectivity index (χ1n) is 9.71. The lowest BCUT2D eigenvalue weighted by atomic mass is 9.76. The summed E-state index contributed by atoms with van der Waals surface area (Å²) in [5, 5.41) is 22.1. The molecule has 2 atom stereocenters. The van der Waals surface area contributed by atoms with Crippen LogP contribution in [0, 0.1) is 16.0 Å². The third-order valence-corrected chi connectivity index (χ3v) is 6.14. The number of phenolic OH excluding ortho intramolecular Hbond substituents is 1. The van der Waals surface area contributed by atoms with Crippen molar-refractivity contribution >= 4 is 23.0 Å². The number of nitro groups is 1. The molecule has 2 aliphatic rings. The van der Waals surface area contributed by atoms with Crippen molar-refractivity contribution in [3.63, 3.8) is 0 Å². The Morgan fingerprint density at radius 3 is 2.38 bits per heavy atom. The first kappa shape index (κ1) is 19.6. The van der Waals surface area contributed by atoms with Crippen molar-refractivity contribution in [1.82, 2.24) is 9.13 Å². The van der Waals surface area contributed by atoms with Gasteiger partial charge < -0.3 is 5.11 Å². The Morgan fingerprint density at radius 1 is 1.00 bits per heavy atom. The third-order valence-electron chi connectivity index (χ3n) is 6.14. The normalized spacial score (nSPS) is 18.6. The molecule has 1 aliphatic carbocycles. The highest BCUT2D eigenvalue weighted by atomic mass is 16.6. The second kappa shape index (κ2) is 6.58. The SMILES string of the molecule is Cn1c2c(c(=O)n(C)c1=O)[C@@H](c1cc([N+](=O)[O-])ccc1O)[C@H]1C(=O)c3ccccc3C1=N2. The van der Waals surface area contributed by atoms with Gasteiger partial charge in [-0.05, 0) is 6.07 Å². The van der Waals surface area contributed by atoms with E-state index in [0.29, 0.717) is 16.8 Å². The maximum absolute atomic E-state index is 13.4. The van der Waals surface area contributed by atoms with Crippen LogP contribution in [0.5, 0.6) is 5.75 Å². The topological polar surface area (TPSA) is 137 Å². The maximum Gasteiger partial charge on any atom is 0.332 e. The highest BCUT2D eigenvalue weighted by Gasteiger charge is 2.48. The first-order valence-corrected chi connectivity index (χ1v) is 9.71. The standard InChI is InChI=1S/C22H16N4O6/c1-24-20-17(21(29)25(2)22(24)30)15(13-9-10(26(31)32)7-8-14(13)27)16-18(23-20)11-5-3-4-6-12(11)19(16)28/h3-9,15-16,27H,1-2H3/t15-,16+/m0/s1. The number of ketones is 1. The van der Waals surface area contributed by atoms with Crippen LogP contribution in [0.25, 0.3) is 0 Å². The molecule has 5 rings (SSSR count). The van der Waals surface area contributed by atoms with Crippen molar-refractivity contribution in [2.45, 2.75) is 5.92 Å². The van der Waals surface area contributed by atoms with Gasteiger partial charge in [-0.3, -0.25) is 28.8 Å². The van der Waals surface area contributed by atoms with Crippen molar-refractivity contribution in [2.75, 3.05) is 0 Å². The van der Waals surface area contributed by atoms with Gasteiger partial charge in [0.1, 0.15) is 11.6 Å². The number of aromatic hydroxyl groups is 1. The van der Waals surface area contributed by atoms with E-state index in [1.54, 1.807) is 24.3 Å². The number of nitro benzene ring substituents is 1. The lowest BCUT2D eigenvalue weighted by molar-refractivity contribution is -0.385. The Kier molecular flexibility index (Phi) is 4.03. The Bertz CT molecular complexity index is 1510. The molecule has 0 spiro atoms. The lowest BCUT2D eigenvalue weighted by Gasteiger charge is -2.30. The first-order chi connectivity index (χ1) is 15.2. The molecule has 0 saturated heterocycles. The fourth-order valence-electron chi connectivity index (χ4n) is 4.61. The zero-order valence-electron chi connectivity index (χ0n) is 17.0. The number of aromatic nitrogens is 2. The van der Waals surface area contributed by atoms with Crippen LogP contribution in [0.1, 0.15) is 33.0 Å². The number of rotatable bonds is 2. The molecule has 0 fully saturated rings. The molecule has 10 nitrogen and oxygen atoms in total. The zero-order valence-corrected chi connectivity index (χ0v) is 17.0. The van der Waals surface area contributed by atoms with E-state index in [1.165, 1.54) is 18.7 Å². The van der Waals surface area contributed by atoms with Crippen molar-refractivity contribution < 1.29 is 14.8 Å². The van der Waals surface area contributed by atoms with Crippen LogP contribution in [0.15, 0.2) is 57.0 Å². The molecule has 1 aromatic heterocycles. The second-order valence-electron chi connectivity index (χ2n) is 7.81. The van der Waals surface area contributed by atoms with Gasteiger partial charge in [-0.15, -0.1) is 0 Å². The summed E-state index contributed by atoms with van der Waals surface area (Å²) < 4.78 is 2.10. The van der Waals surface area contributed by atoms with Gasteiger partial charge in [0, 0.05) is 48.8 Å². The van der Waals surface area contributed by atoms with Crippen LogP contribution in [0.3, 0.4) is 0 Å². The predicted molar refractivity (Wildman–Crippen MR) is 114 cm³/mol. The van der Waals surface area contributed by atoms with E-state index in [2.05, 4.69) is 4.99 Å². The number of carbonyl (C=O) groups excluding carboxylic acids is 1. The Hall–Kier alpha value is -4.34. The smallest absolute Gasteiger partial charge is 0.332 e. The number of benzene rings is 2. The number of hydrogen-bond acceptors (Lipinski definition) is 7. The largest absolute Gasteiger partial charge is 0.508 e. The van der Waals surface area contributed by atoms with Crippen molar-refractivity contribution in [2.24, 2.45) is 25.0 Å². The summed E-state index contributed by atoms with van der Waals surface area (Å²) >= 11 is 0. The fraction of sp³-hybridized carbons (Fsp3) is 0.182. The molecule has 0 amide bonds. The molecule has 0 radical (unpaired) electrons. The molecular formula is C22H16N4O6. The summed E-state index contributed by atoms with van der Waals surface area (Å²) in [5.74, 6) is -2.59. The number of aliphatic imine (C=N–C) groups is 1. The Balaban J connectivity index is 1.92. The molecule has 2 heterocycles. The van der Waals surface area contributed by atoms with Gasteiger partial charge in [-0.1, -0.05) is 24.3 Å². The summed E-state index contributed by atoms with van der Waals surface area (Å²) in [4.78, 5) is 54.6. The highest BCUT2D eigenvalue weighted by Crippen LogP contribution is 2.48. The molecular weight excluding hydrogens is 416 g/mol. The minimum absolute atomic E-state index is 0.0281. The van der Waals surface area contributed by atoms with Crippen LogP contribution in [-0.4, -0.2) is 30.7 Å². The van der Waals surface area contributed by atoms with Gasteiger partial charge in [-0.2, -0.15) is 0 Å². The number of nitrogens with zero attached hydrogens (tertiary/aromatic N) is 4. The fourth-order valence-corrected chi connectivity index (χ4v) is 4.61. The molecule has 2 aromatic carbocycles. The van der Waals surface area contributed by atoms with E-state index in [-0.39, 0.29) is 34.2 Å². The second-order valence-corrected chi connectivity index (χ2v) is 7.81. The van der Waals surface area contributed by atoms with Crippen LogP contribution in [0.2, 0.25) is 0 Å². The van der Waals surface area contributed by atoms with E-state index in [1.807, 2.05) is 0 Å². The average Bonchev–Trinajstić information content (AvgIpc) is 3.07. The Morgan fingerprint density at radius 2 is 1.69 bits per heavy atom. The van der Waals surface area contributed by atoms with Crippen LogP contribution in [0.4, 0.5) is 11.5 Å². The predicted octanol–water partition coefficient (Wildman–Crippen LogP) is 1.78. The number of fused-ring (bicyclic) bond motifs is 4. The molecule has 160 valence electrons. The molecule has 0 saturated carbocycles. The van der Waals surface area contributed by atoms with Gasteiger partial charge >= 0.3 is 5.69 Å². The number of phenols is 1.